The number of benzene rings is 1. The van der Waals surface area contributed by atoms with Gasteiger partial charge in [-0.05, 0) is 18.2 Å². The van der Waals surface area contributed by atoms with Crippen molar-refractivity contribution in [1.82, 2.24) is 5.32 Å². The van der Waals surface area contributed by atoms with Crippen LogP contribution in [-0.2, 0) is 6.54 Å². The molecule has 0 radical (unpaired) electrons. The van der Waals surface area contributed by atoms with E-state index in [-0.39, 0.29) is 0 Å². The molecule has 0 saturated heterocycles. The molecule has 16 heavy (non-hydrogen) atoms. The molecule has 0 aliphatic heterocycles. The maximum absolute atomic E-state index is 6.07. The summed E-state index contributed by atoms with van der Waals surface area (Å²) in [5, 5.41) is 5.41. The maximum Gasteiger partial charge on any atom is 0.154 e. The summed E-state index contributed by atoms with van der Waals surface area (Å²) < 4.78 is 5.65. The Morgan fingerprint density at radius 2 is 1.94 bits per heavy atom. The number of hydrogen-bond donors (Lipinski definition) is 1. The summed E-state index contributed by atoms with van der Waals surface area (Å²) in [7, 11) is 0. The monoisotopic (exact) mass is 257 g/mol. The van der Waals surface area contributed by atoms with Gasteiger partial charge in [0.1, 0.15) is 5.76 Å². The van der Waals surface area contributed by atoms with E-state index in [4.69, 9.17) is 27.6 Å². The molecule has 0 aliphatic carbocycles. The largest absolute Gasteiger partial charge is 0.458 e. The van der Waals surface area contributed by atoms with Gasteiger partial charge in [-0.25, -0.2) is 0 Å². The minimum atomic E-state index is 0.416. The van der Waals surface area contributed by atoms with Gasteiger partial charge in [-0.2, -0.15) is 0 Å². The lowest BCUT2D eigenvalue weighted by Gasteiger charge is -2.04. The Bertz CT molecular complexity index is 466. The van der Waals surface area contributed by atoms with Crippen molar-refractivity contribution < 1.29 is 4.42 Å². The van der Waals surface area contributed by atoms with E-state index in [0.717, 1.165) is 11.1 Å². The highest BCUT2D eigenvalue weighted by atomic mass is 35.5. The SMILES string of the molecule is CC(C)NCc1cc2c(Cl)ccc(Cl)c2o1. The highest BCUT2D eigenvalue weighted by molar-refractivity contribution is 6.39. The Morgan fingerprint density at radius 1 is 1.25 bits per heavy atom. The molecular weight excluding hydrogens is 245 g/mol. The lowest BCUT2D eigenvalue weighted by Crippen LogP contribution is -2.21. The molecule has 0 aliphatic rings. The molecule has 0 atom stereocenters. The highest BCUT2D eigenvalue weighted by Gasteiger charge is 2.10. The fourth-order valence-corrected chi connectivity index (χ4v) is 1.91. The molecule has 1 N–H and O–H groups in total. The molecule has 1 aromatic carbocycles. The number of fused-ring (bicyclic) bond motifs is 1. The molecule has 0 unspecified atom stereocenters. The summed E-state index contributed by atoms with van der Waals surface area (Å²) in [6.45, 7) is 4.85. The average molecular weight is 258 g/mol. The van der Waals surface area contributed by atoms with Gasteiger partial charge in [0.15, 0.2) is 5.58 Å². The van der Waals surface area contributed by atoms with Crippen LogP contribution >= 0.6 is 23.2 Å². The molecule has 2 rings (SSSR count). The second kappa shape index (κ2) is 4.66. The van der Waals surface area contributed by atoms with Gasteiger partial charge in [-0.3, -0.25) is 0 Å². The predicted molar refractivity (Wildman–Crippen MR) is 68.2 cm³/mol. The van der Waals surface area contributed by atoms with E-state index < -0.39 is 0 Å². The lowest BCUT2D eigenvalue weighted by atomic mass is 10.2. The van der Waals surface area contributed by atoms with Crippen molar-refractivity contribution in [3.63, 3.8) is 0 Å². The summed E-state index contributed by atoms with van der Waals surface area (Å²) in [6, 6.07) is 5.87. The molecule has 0 saturated carbocycles. The van der Waals surface area contributed by atoms with Crippen LogP contribution in [0.4, 0.5) is 0 Å². The van der Waals surface area contributed by atoms with E-state index in [0.29, 0.717) is 28.2 Å². The third-order valence-electron chi connectivity index (χ3n) is 2.32. The lowest BCUT2D eigenvalue weighted by molar-refractivity contribution is 0.488. The van der Waals surface area contributed by atoms with Gasteiger partial charge < -0.3 is 9.73 Å². The Balaban J connectivity index is 2.36. The standard InChI is InChI=1S/C12H13Cl2NO/c1-7(2)15-6-8-5-9-10(13)3-4-11(14)12(9)16-8/h3-5,7,15H,6H2,1-2H3. The first-order valence-electron chi connectivity index (χ1n) is 5.17. The predicted octanol–water partition coefficient (Wildman–Crippen LogP) is 4.24. The third kappa shape index (κ3) is 2.34. The minimum absolute atomic E-state index is 0.416. The van der Waals surface area contributed by atoms with Crippen molar-refractivity contribution in [2.24, 2.45) is 0 Å². The van der Waals surface area contributed by atoms with Gasteiger partial charge in [0, 0.05) is 11.4 Å². The van der Waals surface area contributed by atoms with E-state index in [9.17, 15) is 0 Å². The Morgan fingerprint density at radius 3 is 2.56 bits per heavy atom. The van der Waals surface area contributed by atoms with Crippen LogP contribution in [0.2, 0.25) is 10.0 Å². The molecule has 0 bridgehead atoms. The van der Waals surface area contributed by atoms with Crippen molar-refractivity contribution in [1.29, 1.82) is 0 Å². The molecule has 1 aromatic heterocycles. The van der Waals surface area contributed by atoms with Crippen LogP contribution < -0.4 is 5.32 Å². The minimum Gasteiger partial charge on any atom is -0.458 e. The number of nitrogens with one attached hydrogen (secondary N) is 1. The Kier molecular flexibility index (Phi) is 3.43. The van der Waals surface area contributed by atoms with Gasteiger partial charge in [0.25, 0.3) is 0 Å². The molecule has 2 aromatic rings. The van der Waals surface area contributed by atoms with E-state index in [1.807, 2.05) is 6.07 Å². The van der Waals surface area contributed by atoms with Crippen molar-refractivity contribution in [3.05, 3.63) is 34.0 Å². The topological polar surface area (TPSA) is 25.2 Å². The zero-order chi connectivity index (χ0) is 11.7. The van der Waals surface area contributed by atoms with E-state index >= 15 is 0 Å². The van der Waals surface area contributed by atoms with E-state index in [1.165, 1.54) is 0 Å². The van der Waals surface area contributed by atoms with E-state index in [2.05, 4.69) is 19.2 Å². The third-order valence-corrected chi connectivity index (χ3v) is 2.95. The zero-order valence-corrected chi connectivity index (χ0v) is 10.7. The first-order valence-corrected chi connectivity index (χ1v) is 5.93. The summed E-state index contributed by atoms with van der Waals surface area (Å²) >= 11 is 12.1. The second-order valence-corrected chi connectivity index (χ2v) is 4.83. The Labute approximate surface area is 105 Å². The average Bonchev–Trinajstić information content (AvgIpc) is 2.66. The van der Waals surface area contributed by atoms with Crippen LogP contribution in [0.3, 0.4) is 0 Å². The molecule has 2 nitrogen and oxygen atoms in total. The second-order valence-electron chi connectivity index (χ2n) is 4.02. The van der Waals surface area contributed by atoms with Crippen LogP contribution in [-0.4, -0.2) is 6.04 Å². The highest BCUT2D eigenvalue weighted by Crippen LogP contribution is 2.32. The molecule has 1 heterocycles. The molecule has 0 fully saturated rings. The van der Waals surface area contributed by atoms with Crippen molar-refractivity contribution in [2.75, 3.05) is 0 Å². The van der Waals surface area contributed by atoms with Crippen LogP contribution in [0, 0.1) is 0 Å². The molecule has 0 spiro atoms. The van der Waals surface area contributed by atoms with Crippen molar-refractivity contribution in [2.45, 2.75) is 26.4 Å². The number of rotatable bonds is 3. The quantitative estimate of drug-likeness (QED) is 0.890. The van der Waals surface area contributed by atoms with Crippen LogP contribution in [0.1, 0.15) is 19.6 Å². The molecule has 86 valence electrons. The summed E-state index contributed by atoms with van der Waals surface area (Å²) in [5.41, 5.74) is 0.662. The molecule has 0 amide bonds. The summed E-state index contributed by atoms with van der Waals surface area (Å²) in [4.78, 5) is 0. The summed E-state index contributed by atoms with van der Waals surface area (Å²) in [6.07, 6.45) is 0. The first-order chi connectivity index (χ1) is 7.58. The van der Waals surface area contributed by atoms with Crippen LogP contribution in [0.15, 0.2) is 22.6 Å². The zero-order valence-electron chi connectivity index (χ0n) is 9.18. The molecular formula is C12H13Cl2NO. The number of furan rings is 1. The van der Waals surface area contributed by atoms with Gasteiger partial charge in [-0.1, -0.05) is 37.0 Å². The fraction of sp³-hybridized carbons (Fsp3) is 0.333. The summed E-state index contributed by atoms with van der Waals surface area (Å²) in [5.74, 6) is 0.846. The van der Waals surface area contributed by atoms with E-state index in [1.54, 1.807) is 12.1 Å². The maximum atomic E-state index is 6.07. The van der Waals surface area contributed by atoms with Crippen LogP contribution in [0.5, 0.6) is 0 Å². The fourth-order valence-electron chi connectivity index (χ4n) is 1.50. The number of halogens is 2. The van der Waals surface area contributed by atoms with Crippen molar-refractivity contribution in [3.8, 4) is 0 Å². The van der Waals surface area contributed by atoms with Gasteiger partial charge in [-0.15, -0.1) is 0 Å². The Hall–Kier alpha value is -0.700. The normalized spacial score (nSPS) is 11.6. The van der Waals surface area contributed by atoms with Crippen LogP contribution in [0.25, 0.3) is 11.0 Å². The smallest absolute Gasteiger partial charge is 0.154 e. The first kappa shape index (κ1) is 11.8. The number of hydrogen-bond acceptors (Lipinski definition) is 2. The van der Waals surface area contributed by atoms with Crippen molar-refractivity contribution >= 4 is 34.2 Å². The van der Waals surface area contributed by atoms with Gasteiger partial charge >= 0.3 is 0 Å². The van der Waals surface area contributed by atoms with Gasteiger partial charge in [0.2, 0.25) is 0 Å². The van der Waals surface area contributed by atoms with Gasteiger partial charge in [0.05, 0.1) is 16.6 Å². The molecule has 4 heteroatoms.